The quantitative estimate of drug-likeness (QED) is 0.459. The molecule has 150 valence electrons. The van der Waals surface area contributed by atoms with Gasteiger partial charge in [-0.05, 0) is 54.7 Å². The number of carbonyl (C=O) groups excluding carboxylic acids is 1. The van der Waals surface area contributed by atoms with Crippen LogP contribution >= 0.6 is 0 Å². The molecule has 2 rings (SSSR count). The molecule has 0 radical (unpaired) electrons. The number of amides is 1. The Morgan fingerprint density at radius 2 is 1.79 bits per heavy atom. The second-order valence-electron chi connectivity index (χ2n) is 6.65. The summed E-state index contributed by atoms with van der Waals surface area (Å²) in [7, 11) is 1.68. The molecule has 6 nitrogen and oxygen atoms in total. The van der Waals surface area contributed by atoms with Gasteiger partial charge in [0.2, 0.25) is 5.91 Å². The van der Waals surface area contributed by atoms with E-state index in [2.05, 4.69) is 34.7 Å². The second kappa shape index (κ2) is 11.0. The number of carbonyl (C=O) groups is 1. The highest BCUT2D eigenvalue weighted by atomic mass is 16.5. The van der Waals surface area contributed by atoms with Crippen LogP contribution in [0.5, 0.6) is 5.75 Å². The van der Waals surface area contributed by atoms with Gasteiger partial charge in [0.1, 0.15) is 5.75 Å². The zero-order valence-corrected chi connectivity index (χ0v) is 16.9. The summed E-state index contributed by atoms with van der Waals surface area (Å²) in [6.45, 7) is 6.40. The van der Waals surface area contributed by atoms with Gasteiger partial charge < -0.3 is 21.1 Å². The van der Waals surface area contributed by atoms with Gasteiger partial charge in [-0.2, -0.15) is 0 Å². The summed E-state index contributed by atoms with van der Waals surface area (Å²) >= 11 is 0. The molecule has 2 aromatic rings. The first-order chi connectivity index (χ1) is 13.5. The summed E-state index contributed by atoms with van der Waals surface area (Å²) in [6, 6.07) is 15.4. The molecule has 0 aliphatic heterocycles. The van der Waals surface area contributed by atoms with E-state index in [0.717, 1.165) is 36.8 Å². The number of ether oxygens (including phenoxy) is 1. The Kier molecular flexibility index (Phi) is 8.34. The Morgan fingerprint density at radius 1 is 1.11 bits per heavy atom. The van der Waals surface area contributed by atoms with E-state index in [-0.39, 0.29) is 0 Å². The van der Waals surface area contributed by atoms with Crippen molar-refractivity contribution in [2.24, 2.45) is 10.7 Å². The number of hydrogen-bond acceptors (Lipinski definition) is 3. The van der Waals surface area contributed by atoms with E-state index in [1.54, 1.807) is 19.2 Å². The molecular weight excluding hydrogens is 352 g/mol. The van der Waals surface area contributed by atoms with Gasteiger partial charge in [0, 0.05) is 18.7 Å². The van der Waals surface area contributed by atoms with E-state index >= 15 is 0 Å². The van der Waals surface area contributed by atoms with Crippen LogP contribution in [0.25, 0.3) is 0 Å². The fraction of sp³-hybridized carbons (Fsp3) is 0.364. The molecular formula is C22H30N4O2. The van der Waals surface area contributed by atoms with Crippen LogP contribution < -0.4 is 21.1 Å². The lowest BCUT2D eigenvalue weighted by atomic mass is 9.98. The van der Waals surface area contributed by atoms with Gasteiger partial charge in [-0.25, -0.2) is 4.99 Å². The topological polar surface area (TPSA) is 88.7 Å². The van der Waals surface area contributed by atoms with Crippen LogP contribution in [-0.2, 0) is 6.54 Å². The lowest BCUT2D eigenvalue weighted by molar-refractivity contribution is 0.100. The van der Waals surface area contributed by atoms with Gasteiger partial charge in [-0.1, -0.05) is 31.2 Å². The van der Waals surface area contributed by atoms with Crippen molar-refractivity contribution in [1.82, 2.24) is 10.6 Å². The standard InChI is InChI=1S/C22H30N4O2/c1-4-24-22(26-15-17-5-7-19(8-6-17)21(23)27)25-14-13-16(2)18-9-11-20(28-3)12-10-18/h5-12,16H,4,13-15H2,1-3H3,(H2,23,27)(H2,24,25,26). The van der Waals surface area contributed by atoms with Crippen molar-refractivity contribution in [3.63, 3.8) is 0 Å². The molecule has 0 spiro atoms. The van der Waals surface area contributed by atoms with Crippen LogP contribution in [0.4, 0.5) is 0 Å². The number of nitrogens with two attached hydrogens (primary N) is 1. The van der Waals surface area contributed by atoms with Crippen LogP contribution in [0.2, 0.25) is 0 Å². The van der Waals surface area contributed by atoms with Crippen molar-refractivity contribution in [3.05, 3.63) is 65.2 Å². The fourth-order valence-corrected chi connectivity index (χ4v) is 2.79. The predicted molar refractivity (Wildman–Crippen MR) is 114 cm³/mol. The number of primary amides is 1. The number of nitrogens with one attached hydrogen (secondary N) is 2. The van der Waals surface area contributed by atoms with Crippen molar-refractivity contribution >= 4 is 11.9 Å². The smallest absolute Gasteiger partial charge is 0.248 e. The molecule has 6 heteroatoms. The minimum atomic E-state index is -0.420. The highest BCUT2D eigenvalue weighted by Crippen LogP contribution is 2.21. The summed E-state index contributed by atoms with van der Waals surface area (Å²) < 4.78 is 5.21. The molecule has 28 heavy (non-hydrogen) atoms. The van der Waals surface area contributed by atoms with Crippen molar-refractivity contribution < 1.29 is 9.53 Å². The second-order valence-corrected chi connectivity index (χ2v) is 6.65. The first-order valence-electron chi connectivity index (χ1n) is 9.58. The normalized spacial score (nSPS) is 12.3. The Bertz CT molecular complexity index is 770. The Morgan fingerprint density at radius 3 is 2.36 bits per heavy atom. The molecule has 1 amide bonds. The average molecular weight is 383 g/mol. The number of guanidine groups is 1. The molecule has 0 saturated carbocycles. The molecule has 4 N–H and O–H groups in total. The molecule has 0 aromatic heterocycles. The Balaban J connectivity index is 1.87. The molecule has 1 unspecified atom stereocenters. The largest absolute Gasteiger partial charge is 0.497 e. The molecule has 2 aromatic carbocycles. The molecule has 1 atom stereocenters. The molecule has 0 fully saturated rings. The van der Waals surface area contributed by atoms with Crippen molar-refractivity contribution in [2.75, 3.05) is 20.2 Å². The van der Waals surface area contributed by atoms with Gasteiger partial charge in [-0.15, -0.1) is 0 Å². The number of methoxy groups -OCH3 is 1. The molecule has 0 bridgehead atoms. The van der Waals surface area contributed by atoms with Crippen molar-refractivity contribution in [1.29, 1.82) is 0 Å². The van der Waals surface area contributed by atoms with Crippen LogP contribution in [0.1, 0.15) is 47.7 Å². The highest BCUT2D eigenvalue weighted by molar-refractivity contribution is 5.92. The first kappa shape index (κ1) is 21.3. The Hall–Kier alpha value is -3.02. The van der Waals surface area contributed by atoms with Crippen molar-refractivity contribution in [3.8, 4) is 5.75 Å². The summed E-state index contributed by atoms with van der Waals surface area (Å²) in [5, 5.41) is 6.64. The third-order valence-corrected chi connectivity index (χ3v) is 4.56. The summed E-state index contributed by atoms with van der Waals surface area (Å²) in [4.78, 5) is 15.8. The predicted octanol–water partition coefficient (Wildman–Crippen LogP) is 3.04. The maximum Gasteiger partial charge on any atom is 0.248 e. The zero-order chi connectivity index (χ0) is 20.4. The minimum Gasteiger partial charge on any atom is -0.497 e. The average Bonchev–Trinajstić information content (AvgIpc) is 2.72. The number of benzene rings is 2. The monoisotopic (exact) mass is 382 g/mol. The fourth-order valence-electron chi connectivity index (χ4n) is 2.79. The van der Waals surface area contributed by atoms with E-state index in [0.29, 0.717) is 18.0 Å². The van der Waals surface area contributed by atoms with Crippen LogP contribution in [-0.4, -0.2) is 32.1 Å². The molecule has 0 saturated heterocycles. The minimum absolute atomic E-state index is 0.420. The molecule has 0 heterocycles. The number of aliphatic imine (C=N–C) groups is 1. The van der Waals surface area contributed by atoms with E-state index in [4.69, 9.17) is 10.5 Å². The van der Waals surface area contributed by atoms with Gasteiger partial charge >= 0.3 is 0 Å². The van der Waals surface area contributed by atoms with E-state index in [9.17, 15) is 4.79 Å². The SMILES string of the molecule is CCNC(=NCc1ccc(C(N)=O)cc1)NCCC(C)c1ccc(OC)cc1. The van der Waals surface area contributed by atoms with Crippen LogP contribution in [0.3, 0.4) is 0 Å². The van der Waals surface area contributed by atoms with E-state index in [1.807, 2.05) is 31.2 Å². The van der Waals surface area contributed by atoms with Gasteiger partial charge in [-0.3, -0.25) is 4.79 Å². The number of rotatable bonds is 9. The maximum atomic E-state index is 11.1. The van der Waals surface area contributed by atoms with Crippen LogP contribution in [0, 0.1) is 0 Å². The van der Waals surface area contributed by atoms with Gasteiger partial charge in [0.05, 0.1) is 13.7 Å². The molecule has 0 aliphatic rings. The zero-order valence-electron chi connectivity index (χ0n) is 16.9. The van der Waals surface area contributed by atoms with Crippen molar-refractivity contribution in [2.45, 2.75) is 32.7 Å². The first-order valence-corrected chi connectivity index (χ1v) is 9.58. The third kappa shape index (κ3) is 6.61. The van der Waals surface area contributed by atoms with Gasteiger partial charge in [0.15, 0.2) is 5.96 Å². The summed E-state index contributed by atoms with van der Waals surface area (Å²) in [5.74, 6) is 1.67. The summed E-state index contributed by atoms with van der Waals surface area (Å²) in [5.41, 5.74) is 8.09. The van der Waals surface area contributed by atoms with E-state index < -0.39 is 5.91 Å². The Labute approximate surface area is 167 Å². The lowest BCUT2D eigenvalue weighted by Crippen LogP contribution is -2.38. The van der Waals surface area contributed by atoms with Gasteiger partial charge in [0.25, 0.3) is 0 Å². The highest BCUT2D eigenvalue weighted by Gasteiger charge is 2.06. The van der Waals surface area contributed by atoms with Crippen LogP contribution in [0.15, 0.2) is 53.5 Å². The maximum absolute atomic E-state index is 11.1. The lowest BCUT2D eigenvalue weighted by Gasteiger charge is -2.15. The number of hydrogen-bond donors (Lipinski definition) is 3. The van der Waals surface area contributed by atoms with E-state index in [1.165, 1.54) is 5.56 Å². The molecule has 0 aliphatic carbocycles. The summed E-state index contributed by atoms with van der Waals surface area (Å²) in [6.07, 6.45) is 0.990. The number of nitrogens with zero attached hydrogens (tertiary/aromatic N) is 1. The third-order valence-electron chi connectivity index (χ3n) is 4.56.